The van der Waals surface area contributed by atoms with Crippen LogP contribution in [-0.2, 0) is 10.0 Å². The third kappa shape index (κ3) is 1.53. The van der Waals surface area contributed by atoms with Crippen molar-refractivity contribution in [3.05, 3.63) is 18.2 Å². The lowest BCUT2D eigenvalue weighted by atomic mass is 10.3. The van der Waals surface area contributed by atoms with Crippen molar-refractivity contribution in [3.63, 3.8) is 0 Å². The number of nitrogens with two attached hydrogens (primary N) is 1. The molecule has 0 saturated heterocycles. The monoisotopic (exact) mass is 215 g/mol. The first-order valence-corrected chi connectivity index (χ1v) is 5.55. The molecule has 0 bridgehead atoms. The molecule has 6 heteroatoms. The van der Waals surface area contributed by atoms with Crippen LogP contribution in [0, 0.1) is 0 Å². The van der Waals surface area contributed by atoms with Gasteiger partial charge in [-0.25, -0.2) is 13.6 Å². The average molecular weight is 215 g/mol. The van der Waals surface area contributed by atoms with Crippen LogP contribution < -0.4 is 14.6 Å². The molecule has 0 saturated carbocycles. The Morgan fingerprint density at radius 3 is 2.64 bits per heavy atom. The van der Waals surface area contributed by atoms with E-state index >= 15 is 0 Å². The summed E-state index contributed by atoms with van der Waals surface area (Å²) in [7, 11) is -3.75. The van der Waals surface area contributed by atoms with Crippen molar-refractivity contribution in [2.24, 2.45) is 5.14 Å². The van der Waals surface area contributed by atoms with E-state index in [0.29, 0.717) is 19.0 Å². The first-order chi connectivity index (χ1) is 6.59. The standard InChI is InChI=1S/C8H9NO4S/c9-14(10,11)7-3-1-2-6-8(7)13-5-4-12-6/h1-3H,4-5H2,(H2,9,10,11). The summed E-state index contributed by atoms with van der Waals surface area (Å²) in [5.74, 6) is 0.629. The Kier molecular flexibility index (Phi) is 2.09. The molecule has 0 aromatic heterocycles. The Bertz CT molecular complexity index is 454. The zero-order valence-electron chi connectivity index (χ0n) is 7.26. The maximum atomic E-state index is 11.1. The van der Waals surface area contributed by atoms with Crippen LogP contribution in [0.4, 0.5) is 0 Å². The zero-order chi connectivity index (χ0) is 10.2. The molecular weight excluding hydrogens is 206 g/mol. The van der Waals surface area contributed by atoms with Crippen LogP contribution in [0.15, 0.2) is 23.1 Å². The minimum Gasteiger partial charge on any atom is -0.486 e. The second-order valence-electron chi connectivity index (χ2n) is 2.83. The van der Waals surface area contributed by atoms with Crippen molar-refractivity contribution in [1.82, 2.24) is 0 Å². The molecule has 1 aromatic carbocycles. The van der Waals surface area contributed by atoms with Gasteiger partial charge in [-0.15, -0.1) is 0 Å². The van der Waals surface area contributed by atoms with E-state index in [2.05, 4.69) is 0 Å². The van der Waals surface area contributed by atoms with Crippen molar-refractivity contribution in [1.29, 1.82) is 0 Å². The quantitative estimate of drug-likeness (QED) is 0.720. The van der Waals surface area contributed by atoms with E-state index in [9.17, 15) is 8.42 Å². The zero-order valence-corrected chi connectivity index (χ0v) is 8.08. The van der Waals surface area contributed by atoms with E-state index in [1.54, 1.807) is 12.1 Å². The van der Waals surface area contributed by atoms with Crippen molar-refractivity contribution >= 4 is 10.0 Å². The van der Waals surface area contributed by atoms with Gasteiger partial charge in [-0.1, -0.05) is 6.07 Å². The summed E-state index contributed by atoms with van der Waals surface area (Å²) in [6.45, 7) is 0.751. The number of benzene rings is 1. The number of para-hydroxylation sites is 1. The summed E-state index contributed by atoms with van der Waals surface area (Å²) in [6.07, 6.45) is 0. The molecule has 0 atom stereocenters. The van der Waals surface area contributed by atoms with E-state index in [1.165, 1.54) is 6.07 Å². The van der Waals surface area contributed by atoms with E-state index in [-0.39, 0.29) is 10.6 Å². The van der Waals surface area contributed by atoms with Gasteiger partial charge in [-0.05, 0) is 12.1 Å². The maximum absolute atomic E-state index is 11.1. The van der Waals surface area contributed by atoms with E-state index < -0.39 is 10.0 Å². The topological polar surface area (TPSA) is 78.6 Å². The fourth-order valence-corrected chi connectivity index (χ4v) is 1.96. The number of ether oxygens (including phenoxy) is 2. The highest BCUT2D eigenvalue weighted by Crippen LogP contribution is 2.35. The van der Waals surface area contributed by atoms with Crippen molar-refractivity contribution < 1.29 is 17.9 Å². The van der Waals surface area contributed by atoms with Crippen LogP contribution in [0.2, 0.25) is 0 Å². The molecule has 1 aromatic rings. The summed E-state index contributed by atoms with van der Waals surface area (Å²) in [5, 5.41) is 5.02. The molecule has 0 amide bonds. The molecule has 76 valence electrons. The molecule has 0 aliphatic carbocycles. The van der Waals surface area contributed by atoms with Crippen LogP contribution in [-0.4, -0.2) is 21.6 Å². The van der Waals surface area contributed by atoms with Gasteiger partial charge in [0.2, 0.25) is 10.0 Å². The molecule has 2 N–H and O–H groups in total. The Morgan fingerprint density at radius 2 is 1.93 bits per heavy atom. The number of sulfonamides is 1. The van der Waals surface area contributed by atoms with Gasteiger partial charge in [0.15, 0.2) is 11.5 Å². The Morgan fingerprint density at radius 1 is 1.21 bits per heavy atom. The third-order valence-electron chi connectivity index (χ3n) is 1.84. The fourth-order valence-electron chi connectivity index (χ4n) is 1.27. The second kappa shape index (κ2) is 3.14. The number of fused-ring (bicyclic) bond motifs is 1. The number of rotatable bonds is 1. The van der Waals surface area contributed by atoms with Crippen molar-refractivity contribution in [2.75, 3.05) is 13.2 Å². The van der Waals surface area contributed by atoms with Gasteiger partial charge in [-0.3, -0.25) is 0 Å². The van der Waals surface area contributed by atoms with Crippen molar-refractivity contribution in [3.8, 4) is 11.5 Å². The summed E-state index contributed by atoms with van der Waals surface area (Å²) < 4.78 is 32.7. The van der Waals surface area contributed by atoms with E-state index in [1.807, 2.05) is 0 Å². The summed E-state index contributed by atoms with van der Waals surface area (Å²) in [5.41, 5.74) is 0. The fraction of sp³-hybridized carbons (Fsp3) is 0.250. The van der Waals surface area contributed by atoms with Gasteiger partial charge >= 0.3 is 0 Å². The van der Waals surface area contributed by atoms with Crippen LogP contribution in [0.5, 0.6) is 11.5 Å². The molecule has 1 aliphatic rings. The summed E-state index contributed by atoms with van der Waals surface area (Å²) in [4.78, 5) is -0.0327. The van der Waals surface area contributed by atoms with Gasteiger partial charge in [0.1, 0.15) is 18.1 Å². The Hall–Kier alpha value is -1.27. The Balaban J connectivity index is 2.62. The molecular formula is C8H9NO4S. The summed E-state index contributed by atoms with van der Waals surface area (Å²) in [6, 6.07) is 4.60. The maximum Gasteiger partial charge on any atom is 0.241 e. The summed E-state index contributed by atoms with van der Waals surface area (Å²) >= 11 is 0. The van der Waals surface area contributed by atoms with Gasteiger partial charge in [-0.2, -0.15) is 0 Å². The van der Waals surface area contributed by atoms with Gasteiger partial charge in [0.25, 0.3) is 0 Å². The smallest absolute Gasteiger partial charge is 0.241 e. The van der Waals surface area contributed by atoms with Crippen LogP contribution in [0.3, 0.4) is 0 Å². The molecule has 1 heterocycles. The minimum atomic E-state index is -3.75. The lowest BCUT2D eigenvalue weighted by Gasteiger charge is -2.19. The first-order valence-electron chi connectivity index (χ1n) is 4.00. The Labute approximate surface area is 81.5 Å². The van der Waals surface area contributed by atoms with Crippen LogP contribution in [0.25, 0.3) is 0 Å². The molecule has 5 nitrogen and oxygen atoms in total. The predicted molar refractivity (Wildman–Crippen MR) is 48.8 cm³/mol. The van der Waals surface area contributed by atoms with E-state index in [4.69, 9.17) is 14.6 Å². The molecule has 1 aliphatic heterocycles. The highest BCUT2D eigenvalue weighted by atomic mass is 32.2. The average Bonchev–Trinajstić information content (AvgIpc) is 2.15. The molecule has 0 spiro atoms. The number of hydrogen-bond acceptors (Lipinski definition) is 4. The molecule has 0 radical (unpaired) electrons. The molecule has 0 unspecified atom stereocenters. The van der Waals surface area contributed by atoms with Gasteiger partial charge in [0.05, 0.1) is 0 Å². The number of hydrogen-bond donors (Lipinski definition) is 1. The third-order valence-corrected chi connectivity index (χ3v) is 2.77. The first kappa shape index (κ1) is 9.29. The largest absolute Gasteiger partial charge is 0.486 e. The SMILES string of the molecule is NS(=O)(=O)c1cccc2c1OCCO2. The van der Waals surface area contributed by atoms with Crippen molar-refractivity contribution in [2.45, 2.75) is 4.90 Å². The number of primary sulfonamides is 1. The molecule has 0 fully saturated rings. The normalized spacial score (nSPS) is 15.2. The van der Waals surface area contributed by atoms with Crippen LogP contribution >= 0.6 is 0 Å². The highest BCUT2D eigenvalue weighted by Gasteiger charge is 2.21. The predicted octanol–water partition coefficient (Wildman–Crippen LogP) is 0.105. The lowest BCUT2D eigenvalue weighted by Crippen LogP contribution is -2.20. The van der Waals surface area contributed by atoms with Gasteiger partial charge < -0.3 is 9.47 Å². The van der Waals surface area contributed by atoms with E-state index in [0.717, 1.165) is 0 Å². The molecule has 14 heavy (non-hydrogen) atoms. The van der Waals surface area contributed by atoms with Gasteiger partial charge in [0, 0.05) is 0 Å². The second-order valence-corrected chi connectivity index (χ2v) is 4.36. The molecule has 2 rings (SSSR count). The lowest BCUT2D eigenvalue weighted by molar-refractivity contribution is 0.167. The highest BCUT2D eigenvalue weighted by molar-refractivity contribution is 7.89. The minimum absolute atomic E-state index is 0.0327. The van der Waals surface area contributed by atoms with Crippen LogP contribution in [0.1, 0.15) is 0 Å².